The van der Waals surface area contributed by atoms with Gasteiger partial charge in [-0.05, 0) is 65.6 Å². The lowest BCUT2D eigenvalue weighted by Gasteiger charge is -2.29. The van der Waals surface area contributed by atoms with Crippen LogP contribution >= 0.6 is 0 Å². The Hall–Kier alpha value is -5.55. The Kier molecular flexibility index (Phi) is 8.13. The molecule has 2 aliphatic heterocycles. The minimum atomic E-state index is -0.634. The summed E-state index contributed by atoms with van der Waals surface area (Å²) in [7, 11) is 0. The number of anilines is 1. The summed E-state index contributed by atoms with van der Waals surface area (Å²) in [4.78, 5) is 50.2. The van der Waals surface area contributed by atoms with E-state index in [-0.39, 0.29) is 18.2 Å². The first-order valence-electron chi connectivity index (χ1n) is 15.2. The van der Waals surface area contributed by atoms with E-state index < -0.39 is 11.9 Å². The molecule has 1 fully saturated rings. The largest absolute Gasteiger partial charge is 0.491 e. The van der Waals surface area contributed by atoms with Gasteiger partial charge in [0.25, 0.3) is 5.91 Å². The third-order valence-electron chi connectivity index (χ3n) is 8.26. The normalized spacial score (nSPS) is 16.0. The quantitative estimate of drug-likeness (QED) is 0.145. The highest BCUT2D eigenvalue weighted by atomic mass is 16.5. The lowest BCUT2D eigenvalue weighted by atomic mass is 10.0. The Balaban J connectivity index is 0.826. The molecular formula is C35H32N6O5. The van der Waals surface area contributed by atoms with E-state index in [0.717, 1.165) is 44.7 Å². The maximum Gasteiger partial charge on any atom is 0.255 e. The molecule has 3 amide bonds. The molecule has 11 heteroatoms. The van der Waals surface area contributed by atoms with Gasteiger partial charge in [0.2, 0.25) is 11.8 Å². The van der Waals surface area contributed by atoms with Gasteiger partial charge >= 0.3 is 0 Å². The number of nitrogens with one attached hydrogen (secondary N) is 3. The smallest absolute Gasteiger partial charge is 0.255 e. The van der Waals surface area contributed by atoms with Crippen molar-refractivity contribution in [3.05, 3.63) is 96.4 Å². The number of pyridine rings is 2. The van der Waals surface area contributed by atoms with Crippen LogP contribution in [-0.4, -0.2) is 70.0 Å². The van der Waals surface area contributed by atoms with Gasteiger partial charge in [0.1, 0.15) is 24.2 Å². The molecule has 5 aromatic rings. The Morgan fingerprint density at radius 3 is 2.54 bits per heavy atom. The molecular weight excluding hydrogens is 584 g/mol. The lowest BCUT2D eigenvalue weighted by molar-refractivity contribution is -0.136. The highest BCUT2D eigenvalue weighted by Crippen LogP contribution is 2.30. The summed E-state index contributed by atoms with van der Waals surface area (Å²) in [6, 6.07) is 21.2. The summed E-state index contributed by atoms with van der Waals surface area (Å²) in [6.45, 7) is 2.14. The van der Waals surface area contributed by atoms with E-state index in [9.17, 15) is 14.4 Å². The zero-order valence-electron chi connectivity index (χ0n) is 25.0. The van der Waals surface area contributed by atoms with Gasteiger partial charge in [-0.25, -0.2) is 4.98 Å². The number of H-pyrrole nitrogens is 1. The Morgan fingerprint density at radius 2 is 1.74 bits per heavy atom. The second kappa shape index (κ2) is 12.8. The van der Waals surface area contributed by atoms with E-state index >= 15 is 0 Å². The van der Waals surface area contributed by atoms with Crippen molar-refractivity contribution in [2.24, 2.45) is 0 Å². The van der Waals surface area contributed by atoms with Gasteiger partial charge < -0.3 is 24.7 Å². The van der Waals surface area contributed by atoms with Crippen LogP contribution in [0.4, 0.5) is 5.82 Å². The molecule has 5 heterocycles. The number of imide groups is 1. The maximum absolute atomic E-state index is 12.8. The van der Waals surface area contributed by atoms with Crippen LogP contribution in [0.1, 0.15) is 28.8 Å². The van der Waals surface area contributed by atoms with Crippen LogP contribution in [-0.2, 0) is 20.9 Å². The molecule has 0 spiro atoms. The van der Waals surface area contributed by atoms with Crippen LogP contribution in [0.3, 0.4) is 0 Å². The first-order chi connectivity index (χ1) is 22.5. The molecule has 0 saturated carbocycles. The first-order valence-corrected chi connectivity index (χ1v) is 15.2. The van der Waals surface area contributed by atoms with Crippen LogP contribution < -0.4 is 15.4 Å². The maximum atomic E-state index is 12.8. The summed E-state index contributed by atoms with van der Waals surface area (Å²) in [5.41, 5.74) is 6.66. The monoisotopic (exact) mass is 616 g/mol. The van der Waals surface area contributed by atoms with Crippen molar-refractivity contribution in [3.8, 4) is 28.1 Å². The van der Waals surface area contributed by atoms with Crippen molar-refractivity contribution >= 4 is 34.4 Å². The molecule has 46 heavy (non-hydrogen) atoms. The van der Waals surface area contributed by atoms with Gasteiger partial charge in [-0.2, -0.15) is 0 Å². The first kappa shape index (κ1) is 29.2. The number of ether oxygens (including phenoxy) is 2. The summed E-state index contributed by atoms with van der Waals surface area (Å²) < 4.78 is 11.5. The minimum Gasteiger partial charge on any atom is -0.491 e. The highest BCUT2D eigenvalue weighted by Gasteiger charge is 2.39. The predicted molar refractivity (Wildman–Crippen MR) is 172 cm³/mol. The van der Waals surface area contributed by atoms with E-state index in [1.807, 2.05) is 36.7 Å². The van der Waals surface area contributed by atoms with E-state index in [2.05, 4.69) is 55.9 Å². The molecule has 1 saturated heterocycles. The van der Waals surface area contributed by atoms with Crippen molar-refractivity contribution in [1.82, 2.24) is 25.2 Å². The number of amides is 3. The molecule has 1 unspecified atom stereocenters. The van der Waals surface area contributed by atoms with Crippen LogP contribution in [0.5, 0.6) is 5.75 Å². The van der Waals surface area contributed by atoms with Crippen LogP contribution in [0, 0.1) is 0 Å². The SMILES string of the molecule is O=C1CCC(N2Cc3cc(OCCOCCNc4ccc(-c5ccc(-c6cc7ccncc7[nH]6)cc5)cn4)ccc3C2=O)C(=O)N1. The van der Waals surface area contributed by atoms with E-state index in [0.29, 0.717) is 50.6 Å². The van der Waals surface area contributed by atoms with Crippen molar-refractivity contribution in [1.29, 1.82) is 0 Å². The molecule has 232 valence electrons. The zero-order chi connectivity index (χ0) is 31.5. The number of hydrogen-bond acceptors (Lipinski definition) is 8. The highest BCUT2D eigenvalue weighted by molar-refractivity contribution is 6.05. The number of aromatic amines is 1. The van der Waals surface area contributed by atoms with Crippen LogP contribution in [0.25, 0.3) is 33.3 Å². The fraction of sp³-hybridized carbons (Fsp3) is 0.229. The molecule has 11 nitrogen and oxygen atoms in total. The number of fused-ring (bicyclic) bond motifs is 2. The molecule has 3 aromatic heterocycles. The summed E-state index contributed by atoms with van der Waals surface area (Å²) in [5.74, 6) is 0.475. The number of hydrogen-bond donors (Lipinski definition) is 3. The minimum absolute atomic E-state index is 0.203. The van der Waals surface area contributed by atoms with Gasteiger partial charge in [0.05, 0.1) is 24.9 Å². The summed E-state index contributed by atoms with van der Waals surface area (Å²) in [5, 5.41) is 6.73. The van der Waals surface area contributed by atoms with Gasteiger partial charge in [-0.15, -0.1) is 0 Å². The van der Waals surface area contributed by atoms with Crippen LogP contribution in [0.2, 0.25) is 0 Å². The molecule has 0 radical (unpaired) electrons. The molecule has 0 bridgehead atoms. The van der Waals surface area contributed by atoms with Gasteiger partial charge in [0, 0.05) is 54.1 Å². The lowest BCUT2D eigenvalue weighted by Crippen LogP contribution is -2.52. The third-order valence-corrected chi connectivity index (χ3v) is 8.26. The molecule has 7 rings (SSSR count). The number of carbonyl (C=O) groups excluding carboxylic acids is 3. The van der Waals surface area contributed by atoms with E-state index in [4.69, 9.17) is 9.47 Å². The average molecular weight is 617 g/mol. The van der Waals surface area contributed by atoms with Crippen molar-refractivity contribution in [2.75, 3.05) is 31.7 Å². The Morgan fingerprint density at radius 1 is 0.891 bits per heavy atom. The van der Waals surface area contributed by atoms with E-state index in [1.54, 1.807) is 18.3 Å². The second-order valence-electron chi connectivity index (χ2n) is 11.3. The topological polar surface area (TPSA) is 139 Å². The van der Waals surface area contributed by atoms with Crippen molar-refractivity contribution in [3.63, 3.8) is 0 Å². The van der Waals surface area contributed by atoms with Gasteiger partial charge in [-0.1, -0.05) is 24.3 Å². The van der Waals surface area contributed by atoms with Gasteiger partial charge in [0.15, 0.2) is 0 Å². The molecule has 2 aliphatic rings. The van der Waals surface area contributed by atoms with Crippen LogP contribution in [0.15, 0.2) is 85.3 Å². The molecule has 0 aliphatic carbocycles. The zero-order valence-corrected chi connectivity index (χ0v) is 25.0. The number of piperidine rings is 1. The Labute approximate surface area is 265 Å². The molecule has 3 N–H and O–H groups in total. The molecule has 2 aromatic carbocycles. The fourth-order valence-electron chi connectivity index (χ4n) is 5.85. The average Bonchev–Trinajstić information content (AvgIpc) is 3.65. The third kappa shape index (κ3) is 6.18. The fourth-order valence-corrected chi connectivity index (χ4v) is 5.85. The van der Waals surface area contributed by atoms with Gasteiger partial charge in [-0.3, -0.25) is 24.7 Å². The number of aromatic nitrogens is 3. The van der Waals surface area contributed by atoms with Crippen molar-refractivity contribution < 1.29 is 23.9 Å². The Bertz CT molecular complexity index is 1870. The van der Waals surface area contributed by atoms with E-state index in [1.165, 1.54) is 4.90 Å². The number of nitrogens with zero attached hydrogens (tertiary/aromatic N) is 3. The number of carbonyl (C=O) groups is 3. The standard InChI is InChI=1S/C35H32N6O5/c42-33-10-8-31(34(43)40-33)41-21-26-17-27(6-7-28(26)35(41)44)46-16-15-45-14-13-37-32-9-5-25(19-38-32)22-1-3-23(4-2-22)29-18-24-11-12-36-20-30(24)39-29/h1-7,9,11-12,17-20,31,39H,8,10,13-16,21H2,(H,37,38)(H,40,42,43). The summed E-state index contributed by atoms with van der Waals surface area (Å²) >= 11 is 0. The summed E-state index contributed by atoms with van der Waals surface area (Å²) in [6.07, 6.45) is 6.05. The van der Waals surface area contributed by atoms with Crippen molar-refractivity contribution in [2.45, 2.75) is 25.4 Å². The number of benzene rings is 2. The number of rotatable bonds is 11. The molecule has 1 atom stereocenters. The second-order valence-corrected chi connectivity index (χ2v) is 11.3. The predicted octanol–water partition coefficient (Wildman–Crippen LogP) is 4.56.